The van der Waals surface area contributed by atoms with E-state index in [0.717, 1.165) is 22.4 Å². The summed E-state index contributed by atoms with van der Waals surface area (Å²) in [6.45, 7) is 8.31. The standard InChI is InChI=1S/C19H25NO2S/c1-14(2)17-11-8-12-18(15(3)4)19(17)20-23(21,22)13-16-9-6-5-7-10-16/h5-12,14-15,20H,13H2,1-4H3. The summed E-state index contributed by atoms with van der Waals surface area (Å²) in [6.07, 6.45) is 0. The minimum Gasteiger partial charge on any atom is -0.283 e. The Kier molecular flexibility index (Phi) is 5.47. The summed E-state index contributed by atoms with van der Waals surface area (Å²) in [5.74, 6) is 0.490. The first-order valence-electron chi connectivity index (χ1n) is 7.97. The van der Waals surface area contributed by atoms with Crippen molar-refractivity contribution in [1.29, 1.82) is 0 Å². The van der Waals surface area contributed by atoms with Crippen molar-refractivity contribution in [2.45, 2.75) is 45.3 Å². The first kappa shape index (κ1) is 17.5. The van der Waals surface area contributed by atoms with Crippen LogP contribution in [0.15, 0.2) is 48.5 Å². The number of anilines is 1. The third-order valence-corrected chi connectivity index (χ3v) is 5.06. The van der Waals surface area contributed by atoms with Crippen LogP contribution in [-0.4, -0.2) is 8.42 Å². The van der Waals surface area contributed by atoms with E-state index in [2.05, 4.69) is 32.4 Å². The Labute approximate surface area is 139 Å². The van der Waals surface area contributed by atoms with Crippen LogP contribution < -0.4 is 4.72 Å². The highest BCUT2D eigenvalue weighted by atomic mass is 32.2. The van der Waals surface area contributed by atoms with Gasteiger partial charge >= 0.3 is 0 Å². The zero-order valence-corrected chi connectivity index (χ0v) is 15.0. The summed E-state index contributed by atoms with van der Waals surface area (Å²) in [5, 5.41) is 0. The minimum atomic E-state index is -3.45. The van der Waals surface area contributed by atoms with E-state index in [1.165, 1.54) is 0 Å². The van der Waals surface area contributed by atoms with Crippen molar-refractivity contribution in [2.24, 2.45) is 0 Å². The Hall–Kier alpha value is -1.81. The van der Waals surface area contributed by atoms with Crippen LogP contribution in [0, 0.1) is 0 Å². The molecule has 0 aliphatic carbocycles. The Balaban J connectivity index is 2.38. The lowest BCUT2D eigenvalue weighted by atomic mass is 9.93. The predicted molar refractivity (Wildman–Crippen MR) is 97.3 cm³/mol. The maximum absolute atomic E-state index is 12.6. The van der Waals surface area contributed by atoms with E-state index in [1.54, 1.807) is 0 Å². The molecule has 0 atom stereocenters. The molecule has 0 aliphatic rings. The second-order valence-electron chi connectivity index (χ2n) is 6.47. The molecule has 2 aromatic rings. The van der Waals surface area contributed by atoms with Gasteiger partial charge in [0.15, 0.2) is 0 Å². The van der Waals surface area contributed by atoms with Gasteiger partial charge in [-0.3, -0.25) is 4.72 Å². The number of benzene rings is 2. The summed E-state index contributed by atoms with van der Waals surface area (Å²) in [4.78, 5) is 0. The lowest BCUT2D eigenvalue weighted by molar-refractivity contribution is 0.600. The second kappa shape index (κ2) is 7.18. The number of para-hydroxylation sites is 1. The predicted octanol–water partition coefficient (Wildman–Crippen LogP) is 4.88. The Bertz CT molecular complexity index is 724. The van der Waals surface area contributed by atoms with E-state index in [9.17, 15) is 8.42 Å². The molecule has 2 aromatic carbocycles. The summed E-state index contributed by atoms with van der Waals surface area (Å²) < 4.78 is 28.1. The molecule has 0 unspecified atom stereocenters. The summed E-state index contributed by atoms with van der Waals surface area (Å²) >= 11 is 0. The van der Waals surface area contributed by atoms with Gasteiger partial charge in [0.25, 0.3) is 0 Å². The Morgan fingerprint density at radius 3 is 1.83 bits per heavy atom. The molecule has 0 bridgehead atoms. The first-order chi connectivity index (χ1) is 10.8. The molecule has 0 spiro atoms. The van der Waals surface area contributed by atoms with Crippen molar-refractivity contribution in [2.75, 3.05) is 4.72 Å². The smallest absolute Gasteiger partial charge is 0.236 e. The summed E-state index contributed by atoms with van der Waals surface area (Å²) in [5.41, 5.74) is 3.60. The van der Waals surface area contributed by atoms with Crippen molar-refractivity contribution in [3.63, 3.8) is 0 Å². The quantitative estimate of drug-likeness (QED) is 0.820. The van der Waals surface area contributed by atoms with Gasteiger partial charge in [-0.15, -0.1) is 0 Å². The van der Waals surface area contributed by atoms with Crippen LogP contribution in [0.2, 0.25) is 0 Å². The number of hydrogen-bond acceptors (Lipinski definition) is 2. The van der Waals surface area contributed by atoms with Crippen LogP contribution in [0.4, 0.5) is 5.69 Å². The number of hydrogen-bond donors (Lipinski definition) is 1. The Morgan fingerprint density at radius 2 is 1.35 bits per heavy atom. The molecule has 0 heterocycles. The fourth-order valence-corrected chi connectivity index (χ4v) is 3.90. The zero-order chi connectivity index (χ0) is 17.0. The fraction of sp³-hybridized carbons (Fsp3) is 0.368. The molecule has 0 aliphatic heterocycles. The largest absolute Gasteiger partial charge is 0.283 e. The monoisotopic (exact) mass is 331 g/mol. The first-order valence-corrected chi connectivity index (χ1v) is 9.62. The number of nitrogens with one attached hydrogen (secondary N) is 1. The average molecular weight is 331 g/mol. The minimum absolute atomic E-state index is 0.0161. The van der Waals surface area contributed by atoms with Gasteiger partial charge in [0.05, 0.1) is 11.4 Å². The van der Waals surface area contributed by atoms with Gasteiger partial charge in [-0.25, -0.2) is 8.42 Å². The zero-order valence-electron chi connectivity index (χ0n) is 14.2. The molecule has 3 nitrogen and oxygen atoms in total. The van der Waals surface area contributed by atoms with Crippen LogP contribution in [-0.2, 0) is 15.8 Å². The lowest BCUT2D eigenvalue weighted by Crippen LogP contribution is -2.18. The summed E-state index contributed by atoms with van der Waals surface area (Å²) in [6, 6.07) is 15.2. The van der Waals surface area contributed by atoms with Crippen molar-refractivity contribution < 1.29 is 8.42 Å². The van der Waals surface area contributed by atoms with Gasteiger partial charge in [0.2, 0.25) is 10.0 Å². The van der Waals surface area contributed by atoms with Crippen LogP contribution >= 0.6 is 0 Å². The lowest BCUT2D eigenvalue weighted by Gasteiger charge is -2.20. The van der Waals surface area contributed by atoms with E-state index in [1.807, 2.05) is 48.5 Å². The van der Waals surface area contributed by atoms with E-state index >= 15 is 0 Å². The molecule has 4 heteroatoms. The highest BCUT2D eigenvalue weighted by Gasteiger charge is 2.19. The van der Waals surface area contributed by atoms with Crippen LogP contribution in [0.5, 0.6) is 0 Å². The van der Waals surface area contributed by atoms with E-state index in [4.69, 9.17) is 0 Å². The molecule has 2 rings (SSSR count). The van der Waals surface area contributed by atoms with Crippen molar-refractivity contribution >= 4 is 15.7 Å². The fourth-order valence-electron chi connectivity index (χ4n) is 2.65. The topological polar surface area (TPSA) is 46.2 Å². The Morgan fingerprint density at radius 1 is 0.826 bits per heavy atom. The highest BCUT2D eigenvalue weighted by Crippen LogP contribution is 2.33. The van der Waals surface area contributed by atoms with E-state index in [0.29, 0.717) is 0 Å². The van der Waals surface area contributed by atoms with Crippen molar-refractivity contribution in [1.82, 2.24) is 0 Å². The molecule has 0 amide bonds. The SMILES string of the molecule is CC(C)c1cccc(C(C)C)c1NS(=O)(=O)Cc1ccccc1. The van der Waals surface area contributed by atoms with E-state index < -0.39 is 10.0 Å². The highest BCUT2D eigenvalue weighted by molar-refractivity contribution is 7.91. The molecule has 0 radical (unpaired) electrons. The van der Waals surface area contributed by atoms with Crippen molar-refractivity contribution in [3.8, 4) is 0 Å². The average Bonchev–Trinajstić information content (AvgIpc) is 2.47. The molecule has 0 saturated heterocycles. The number of rotatable bonds is 6. The molecule has 23 heavy (non-hydrogen) atoms. The normalized spacial score (nSPS) is 11.9. The molecular weight excluding hydrogens is 306 g/mol. The van der Waals surface area contributed by atoms with Gasteiger partial charge in [0, 0.05) is 0 Å². The van der Waals surface area contributed by atoms with Crippen molar-refractivity contribution in [3.05, 3.63) is 65.2 Å². The van der Waals surface area contributed by atoms with Gasteiger partial charge in [-0.2, -0.15) is 0 Å². The van der Waals surface area contributed by atoms with Gasteiger partial charge < -0.3 is 0 Å². The third kappa shape index (κ3) is 4.58. The maximum Gasteiger partial charge on any atom is 0.236 e. The van der Waals surface area contributed by atoms with Crippen LogP contribution in [0.1, 0.15) is 56.2 Å². The molecular formula is C19H25NO2S. The summed E-state index contributed by atoms with van der Waals surface area (Å²) in [7, 11) is -3.45. The molecule has 0 fully saturated rings. The molecule has 124 valence electrons. The van der Waals surface area contributed by atoms with E-state index in [-0.39, 0.29) is 17.6 Å². The van der Waals surface area contributed by atoms with Gasteiger partial charge in [-0.05, 0) is 28.5 Å². The van der Waals surface area contributed by atoms with Crippen LogP contribution in [0.25, 0.3) is 0 Å². The van der Waals surface area contributed by atoms with Gasteiger partial charge in [-0.1, -0.05) is 76.2 Å². The molecule has 1 N–H and O–H groups in total. The second-order valence-corrected chi connectivity index (χ2v) is 8.19. The van der Waals surface area contributed by atoms with Crippen LogP contribution in [0.3, 0.4) is 0 Å². The molecule has 0 aromatic heterocycles. The third-order valence-electron chi connectivity index (χ3n) is 3.83. The molecule has 0 saturated carbocycles. The number of sulfonamides is 1. The van der Waals surface area contributed by atoms with Gasteiger partial charge in [0.1, 0.15) is 0 Å². The maximum atomic E-state index is 12.6.